The predicted octanol–water partition coefficient (Wildman–Crippen LogP) is 0.985. The molecule has 1 aromatic rings. The lowest BCUT2D eigenvalue weighted by Gasteiger charge is -2.13. The van der Waals surface area contributed by atoms with Crippen LogP contribution >= 0.6 is 23.1 Å². The number of nitrogens with one attached hydrogen (secondary N) is 1. The van der Waals surface area contributed by atoms with Crippen molar-refractivity contribution in [1.29, 1.82) is 0 Å². The zero-order chi connectivity index (χ0) is 15.3. The first kappa shape index (κ1) is 16.4. The number of anilines is 1. The Bertz CT molecular complexity index is 527. The summed E-state index contributed by atoms with van der Waals surface area (Å²) < 4.78 is 0.594. The fraction of sp³-hybridized carbons (Fsp3) is 0.455. The third-order valence-electron chi connectivity index (χ3n) is 2.13. The molecule has 0 fully saturated rings. The molecule has 0 bridgehead atoms. The van der Waals surface area contributed by atoms with Gasteiger partial charge in [0.15, 0.2) is 15.4 Å². The molecule has 1 unspecified atom stereocenters. The van der Waals surface area contributed by atoms with E-state index in [2.05, 4.69) is 15.3 Å². The fourth-order valence-electron chi connectivity index (χ4n) is 1.09. The van der Waals surface area contributed by atoms with Gasteiger partial charge in [-0.15, -0.1) is 11.3 Å². The summed E-state index contributed by atoms with van der Waals surface area (Å²) in [6, 6.07) is -0.622. The molecule has 0 radical (unpaired) electrons. The highest BCUT2D eigenvalue weighted by Crippen LogP contribution is 2.25. The Kier molecular flexibility index (Phi) is 5.96. The molecule has 0 saturated heterocycles. The zero-order valence-corrected chi connectivity index (χ0v) is 13.3. The topological polar surface area (TPSA) is 101 Å². The molecule has 110 valence electrons. The number of nitrogens with zero attached hydrogens (tertiary/aromatic N) is 3. The number of amides is 1. The zero-order valence-electron chi connectivity index (χ0n) is 11.7. The summed E-state index contributed by atoms with van der Waals surface area (Å²) in [6.45, 7) is 3.11. The minimum Gasteiger partial charge on any atom is -0.370 e. The summed E-state index contributed by atoms with van der Waals surface area (Å²) in [7, 11) is 3.49. The smallest absolute Gasteiger partial charge is 0.250 e. The van der Waals surface area contributed by atoms with Gasteiger partial charge in [0.1, 0.15) is 11.9 Å². The normalized spacial score (nSPS) is 12.9. The number of aromatic nitrogens is 1. The summed E-state index contributed by atoms with van der Waals surface area (Å²) in [5, 5.41) is 4.26. The van der Waals surface area contributed by atoms with Gasteiger partial charge in [0.2, 0.25) is 5.91 Å². The highest BCUT2D eigenvalue weighted by Gasteiger charge is 2.15. The van der Waals surface area contributed by atoms with Gasteiger partial charge in [-0.25, -0.2) is 9.98 Å². The number of hydrogen-bond donors (Lipinski definition) is 2. The monoisotopic (exact) mass is 315 g/mol. The van der Waals surface area contributed by atoms with Gasteiger partial charge < -0.3 is 16.0 Å². The molecule has 0 aliphatic carbocycles. The second-order valence-electron chi connectivity index (χ2n) is 4.14. The first-order valence-electron chi connectivity index (χ1n) is 5.75. The maximum atomic E-state index is 11.9. The quantitative estimate of drug-likeness (QED) is 0.488. The number of guanidine groups is 1. The van der Waals surface area contributed by atoms with Crippen LogP contribution in [0.2, 0.25) is 0 Å². The molecule has 1 heterocycles. The Morgan fingerprint density at radius 1 is 1.55 bits per heavy atom. The molecule has 1 rings (SSSR count). The first-order chi connectivity index (χ1) is 9.29. The van der Waals surface area contributed by atoms with Crippen LogP contribution in [-0.4, -0.2) is 47.0 Å². The second kappa shape index (κ2) is 7.25. The molecule has 1 amide bonds. The maximum Gasteiger partial charge on any atom is 0.250 e. The van der Waals surface area contributed by atoms with Crippen molar-refractivity contribution in [1.82, 2.24) is 9.88 Å². The Labute approximate surface area is 125 Å². The predicted molar refractivity (Wildman–Crippen MR) is 82.1 cm³/mol. The van der Waals surface area contributed by atoms with Crippen LogP contribution in [0.5, 0.6) is 0 Å². The first-order valence-corrected chi connectivity index (χ1v) is 7.44. The van der Waals surface area contributed by atoms with E-state index in [0.717, 1.165) is 11.8 Å². The largest absolute Gasteiger partial charge is 0.370 e. The number of carbonyl (C=O) groups is 2. The summed E-state index contributed by atoms with van der Waals surface area (Å²) in [5.41, 5.74) is 5.65. The molecule has 0 saturated carbocycles. The van der Waals surface area contributed by atoms with Gasteiger partial charge in [-0.2, -0.15) is 0 Å². The van der Waals surface area contributed by atoms with Gasteiger partial charge in [0.05, 0.1) is 0 Å². The standard InChI is InChI=1S/C11H17N5O2S2/c1-6(13-10(12)16(3)4)9(18)14-8-5-19-11(15-8)20-7(2)17/h5-6H,1-4H3,(H2,12,13)(H,14,18). The molecule has 0 aliphatic heterocycles. The van der Waals surface area contributed by atoms with E-state index >= 15 is 0 Å². The van der Waals surface area contributed by atoms with Crippen molar-refractivity contribution in [2.75, 3.05) is 19.4 Å². The van der Waals surface area contributed by atoms with Crippen molar-refractivity contribution >= 4 is 45.9 Å². The van der Waals surface area contributed by atoms with Gasteiger partial charge in [-0.1, -0.05) is 0 Å². The lowest BCUT2D eigenvalue weighted by atomic mass is 10.3. The number of rotatable bonds is 4. The van der Waals surface area contributed by atoms with Crippen molar-refractivity contribution in [3.63, 3.8) is 0 Å². The number of hydrogen-bond acceptors (Lipinski definition) is 6. The third kappa shape index (κ3) is 5.17. The van der Waals surface area contributed by atoms with Crippen molar-refractivity contribution < 1.29 is 9.59 Å². The van der Waals surface area contributed by atoms with Crippen LogP contribution in [0.3, 0.4) is 0 Å². The summed E-state index contributed by atoms with van der Waals surface area (Å²) in [5.74, 6) is 0.382. The maximum absolute atomic E-state index is 11.9. The average molecular weight is 315 g/mol. The SMILES string of the molecule is CC(=O)Sc1nc(NC(=O)C(C)N=C(N)N(C)C)cs1. The number of carbonyl (C=O) groups excluding carboxylic acids is 2. The van der Waals surface area contributed by atoms with Crippen LogP contribution in [0.1, 0.15) is 13.8 Å². The van der Waals surface area contributed by atoms with Crippen LogP contribution in [0, 0.1) is 0 Å². The third-order valence-corrected chi connectivity index (χ3v) is 3.86. The molecule has 0 aromatic carbocycles. The van der Waals surface area contributed by atoms with Gasteiger partial charge in [-0.05, 0) is 18.7 Å². The molecule has 20 heavy (non-hydrogen) atoms. The van der Waals surface area contributed by atoms with Crippen LogP contribution in [-0.2, 0) is 9.59 Å². The lowest BCUT2D eigenvalue weighted by Crippen LogP contribution is -2.34. The molecule has 1 atom stereocenters. The molecule has 0 spiro atoms. The van der Waals surface area contributed by atoms with Crippen molar-refractivity contribution in [2.24, 2.45) is 10.7 Å². The Hall–Kier alpha value is -1.61. The minimum absolute atomic E-state index is 0.0473. The van der Waals surface area contributed by atoms with Crippen LogP contribution in [0.25, 0.3) is 0 Å². The lowest BCUT2D eigenvalue weighted by molar-refractivity contribution is -0.117. The van der Waals surface area contributed by atoms with E-state index in [-0.39, 0.29) is 17.0 Å². The van der Waals surface area contributed by atoms with E-state index in [0.29, 0.717) is 10.2 Å². The number of nitrogens with two attached hydrogens (primary N) is 1. The van der Waals surface area contributed by atoms with E-state index in [1.54, 1.807) is 31.3 Å². The van der Waals surface area contributed by atoms with Gasteiger partial charge in [0, 0.05) is 26.4 Å². The Balaban J connectivity index is 2.64. The average Bonchev–Trinajstić information content (AvgIpc) is 2.75. The van der Waals surface area contributed by atoms with Crippen molar-refractivity contribution in [2.45, 2.75) is 24.2 Å². The fourth-order valence-corrected chi connectivity index (χ4v) is 2.64. The molecule has 7 nitrogen and oxygen atoms in total. The number of thiazole rings is 1. The summed E-state index contributed by atoms with van der Waals surface area (Å²) >= 11 is 2.33. The van der Waals surface area contributed by atoms with Gasteiger partial charge in [0.25, 0.3) is 0 Å². The number of aliphatic imine (C=N–C) groups is 1. The van der Waals surface area contributed by atoms with Crippen LogP contribution in [0.4, 0.5) is 5.82 Å². The molecule has 1 aromatic heterocycles. The van der Waals surface area contributed by atoms with E-state index in [1.165, 1.54) is 18.3 Å². The summed E-state index contributed by atoms with van der Waals surface area (Å²) in [4.78, 5) is 32.6. The van der Waals surface area contributed by atoms with E-state index in [4.69, 9.17) is 5.73 Å². The second-order valence-corrected chi connectivity index (χ2v) is 6.42. The van der Waals surface area contributed by atoms with Gasteiger partial charge in [-0.3, -0.25) is 9.59 Å². The molecule has 3 N–H and O–H groups in total. The Morgan fingerprint density at radius 2 is 2.20 bits per heavy atom. The molecule has 0 aliphatic rings. The minimum atomic E-state index is -0.622. The number of thioether (sulfide) groups is 1. The molecular weight excluding hydrogens is 298 g/mol. The van der Waals surface area contributed by atoms with Crippen molar-refractivity contribution in [3.05, 3.63) is 5.38 Å². The van der Waals surface area contributed by atoms with Crippen LogP contribution < -0.4 is 11.1 Å². The van der Waals surface area contributed by atoms with Gasteiger partial charge >= 0.3 is 0 Å². The van der Waals surface area contributed by atoms with Crippen molar-refractivity contribution in [3.8, 4) is 0 Å². The van der Waals surface area contributed by atoms with E-state index in [9.17, 15) is 9.59 Å². The summed E-state index contributed by atoms with van der Waals surface area (Å²) in [6.07, 6.45) is 0. The molecule has 9 heteroatoms. The molecular formula is C11H17N5O2S2. The highest BCUT2D eigenvalue weighted by molar-refractivity contribution is 8.14. The highest BCUT2D eigenvalue weighted by atomic mass is 32.2. The van der Waals surface area contributed by atoms with E-state index < -0.39 is 6.04 Å². The Morgan fingerprint density at radius 3 is 2.75 bits per heavy atom. The van der Waals surface area contributed by atoms with Crippen LogP contribution in [0.15, 0.2) is 14.7 Å². The van der Waals surface area contributed by atoms with E-state index in [1.807, 2.05) is 0 Å².